The van der Waals surface area contributed by atoms with E-state index >= 15 is 0 Å². The molecule has 0 spiro atoms. The van der Waals surface area contributed by atoms with Crippen molar-refractivity contribution in [3.05, 3.63) is 29.8 Å². The van der Waals surface area contributed by atoms with E-state index in [1.54, 1.807) is 19.1 Å². The summed E-state index contributed by atoms with van der Waals surface area (Å²) in [5.41, 5.74) is 0.936. The van der Waals surface area contributed by atoms with E-state index in [4.69, 9.17) is 4.74 Å². The Balaban J connectivity index is 2.56. The van der Waals surface area contributed by atoms with Crippen LogP contribution in [0.4, 0.5) is 8.78 Å². The van der Waals surface area contributed by atoms with Gasteiger partial charge in [-0.3, -0.25) is 9.79 Å². The second-order valence-corrected chi connectivity index (χ2v) is 5.52. The highest BCUT2D eigenvalue weighted by Gasteiger charge is 2.08. The zero-order chi connectivity index (χ0) is 19.4. The number of carbonyl (C=O) groups excluding carboxylic acids is 1. The smallest absolute Gasteiger partial charge is 0.387 e. The molecule has 0 aliphatic carbocycles. The highest BCUT2D eigenvalue weighted by molar-refractivity contribution is 5.79. The molecule has 0 unspecified atom stereocenters. The van der Waals surface area contributed by atoms with Gasteiger partial charge in [0.2, 0.25) is 0 Å². The SMILES string of the molecule is CCNC(=NCCCC(=O)OCC)N(C)Cc1ccc(OC(F)F)cc1. The Morgan fingerprint density at radius 2 is 1.96 bits per heavy atom. The number of esters is 1. The van der Waals surface area contributed by atoms with Gasteiger partial charge in [-0.1, -0.05) is 12.1 Å². The molecule has 0 amide bonds. The Bertz CT molecular complexity index is 565. The van der Waals surface area contributed by atoms with Gasteiger partial charge in [-0.05, 0) is 38.0 Å². The molecule has 6 nitrogen and oxygen atoms in total. The minimum absolute atomic E-state index is 0.131. The molecule has 8 heteroatoms. The van der Waals surface area contributed by atoms with E-state index in [9.17, 15) is 13.6 Å². The molecule has 0 saturated heterocycles. The first-order chi connectivity index (χ1) is 12.5. The van der Waals surface area contributed by atoms with Crippen LogP contribution in [0, 0.1) is 0 Å². The zero-order valence-electron chi connectivity index (χ0n) is 15.5. The molecule has 0 aliphatic heterocycles. The fraction of sp³-hybridized carbons (Fsp3) is 0.556. The number of rotatable bonds is 10. The number of carbonyl (C=O) groups is 1. The van der Waals surface area contributed by atoms with Crippen molar-refractivity contribution in [2.45, 2.75) is 39.8 Å². The van der Waals surface area contributed by atoms with Crippen LogP contribution in [0.15, 0.2) is 29.3 Å². The molecule has 1 rings (SSSR count). The summed E-state index contributed by atoms with van der Waals surface area (Å²) in [4.78, 5) is 17.8. The largest absolute Gasteiger partial charge is 0.466 e. The molecule has 0 fully saturated rings. The number of guanidine groups is 1. The standard InChI is InChI=1S/C18H27F2N3O3/c1-4-21-18(22-12-6-7-16(24)25-5-2)23(3)13-14-8-10-15(11-9-14)26-17(19)20/h8-11,17H,4-7,12-13H2,1-3H3,(H,21,22). The molecule has 0 aliphatic rings. The van der Waals surface area contributed by atoms with E-state index in [-0.39, 0.29) is 11.7 Å². The van der Waals surface area contributed by atoms with Crippen molar-refractivity contribution in [3.63, 3.8) is 0 Å². The van der Waals surface area contributed by atoms with E-state index < -0.39 is 6.61 Å². The number of nitrogens with zero attached hydrogens (tertiary/aromatic N) is 2. The van der Waals surface area contributed by atoms with Crippen molar-refractivity contribution < 1.29 is 23.0 Å². The second-order valence-electron chi connectivity index (χ2n) is 5.52. The topological polar surface area (TPSA) is 63.2 Å². The van der Waals surface area contributed by atoms with Crippen LogP contribution in [-0.4, -0.2) is 50.2 Å². The molecule has 1 aromatic rings. The average molecular weight is 371 g/mol. The van der Waals surface area contributed by atoms with Crippen LogP contribution < -0.4 is 10.1 Å². The minimum Gasteiger partial charge on any atom is -0.466 e. The van der Waals surface area contributed by atoms with Gasteiger partial charge in [-0.2, -0.15) is 8.78 Å². The summed E-state index contributed by atoms with van der Waals surface area (Å²) in [5.74, 6) is 0.627. The number of alkyl halides is 2. The van der Waals surface area contributed by atoms with Gasteiger partial charge < -0.3 is 19.7 Å². The summed E-state index contributed by atoms with van der Waals surface area (Å²) in [7, 11) is 1.89. The monoisotopic (exact) mass is 371 g/mol. The number of aliphatic imine (C=N–C) groups is 1. The predicted octanol–water partition coefficient (Wildman–Crippen LogP) is 3.03. The van der Waals surface area contributed by atoms with Crippen molar-refractivity contribution in [2.75, 3.05) is 26.7 Å². The first kappa shape index (κ1) is 21.7. The van der Waals surface area contributed by atoms with Gasteiger partial charge in [0, 0.05) is 33.1 Å². The van der Waals surface area contributed by atoms with Gasteiger partial charge in [0.25, 0.3) is 0 Å². The van der Waals surface area contributed by atoms with Crippen LogP contribution >= 0.6 is 0 Å². The summed E-state index contributed by atoms with van der Waals surface area (Å²) < 4.78 is 33.6. The van der Waals surface area contributed by atoms with Crippen molar-refractivity contribution in [3.8, 4) is 5.75 Å². The Hall–Kier alpha value is -2.38. The van der Waals surface area contributed by atoms with Crippen LogP contribution in [0.5, 0.6) is 5.75 Å². The third kappa shape index (κ3) is 8.64. The third-order valence-electron chi connectivity index (χ3n) is 3.37. The van der Waals surface area contributed by atoms with Crippen LogP contribution in [-0.2, 0) is 16.1 Å². The van der Waals surface area contributed by atoms with Crippen molar-refractivity contribution in [2.24, 2.45) is 4.99 Å². The third-order valence-corrected chi connectivity index (χ3v) is 3.37. The number of ether oxygens (including phenoxy) is 2. The van der Waals surface area contributed by atoms with Gasteiger partial charge in [0.15, 0.2) is 5.96 Å². The zero-order valence-corrected chi connectivity index (χ0v) is 15.5. The molecule has 146 valence electrons. The van der Waals surface area contributed by atoms with Crippen molar-refractivity contribution in [1.82, 2.24) is 10.2 Å². The lowest BCUT2D eigenvalue weighted by Gasteiger charge is -2.22. The van der Waals surface area contributed by atoms with Crippen molar-refractivity contribution >= 4 is 11.9 Å². The van der Waals surface area contributed by atoms with Gasteiger partial charge in [0.1, 0.15) is 5.75 Å². The lowest BCUT2D eigenvalue weighted by molar-refractivity contribution is -0.143. The number of hydrogen-bond donors (Lipinski definition) is 1. The first-order valence-electron chi connectivity index (χ1n) is 8.65. The van der Waals surface area contributed by atoms with Gasteiger partial charge in [-0.25, -0.2) is 0 Å². The fourth-order valence-corrected chi connectivity index (χ4v) is 2.24. The highest BCUT2D eigenvalue weighted by Crippen LogP contribution is 2.15. The van der Waals surface area contributed by atoms with Crippen LogP contribution in [0.25, 0.3) is 0 Å². The van der Waals surface area contributed by atoms with Crippen molar-refractivity contribution in [1.29, 1.82) is 0 Å². The molecule has 0 saturated carbocycles. The second kappa shape index (κ2) is 12.1. The highest BCUT2D eigenvalue weighted by atomic mass is 19.3. The maximum atomic E-state index is 12.2. The summed E-state index contributed by atoms with van der Waals surface area (Å²) in [6.45, 7) is 3.08. The summed E-state index contributed by atoms with van der Waals surface area (Å²) in [6, 6.07) is 6.49. The van der Waals surface area contributed by atoms with E-state index in [1.807, 2.05) is 18.9 Å². The summed E-state index contributed by atoms with van der Waals surface area (Å²) >= 11 is 0. The van der Waals surface area contributed by atoms with Gasteiger partial charge >= 0.3 is 12.6 Å². The maximum absolute atomic E-state index is 12.2. The Labute approximate surface area is 153 Å². The lowest BCUT2D eigenvalue weighted by Crippen LogP contribution is -2.38. The maximum Gasteiger partial charge on any atom is 0.387 e. The molecule has 0 bridgehead atoms. The summed E-state index contributed by atoms with van der Waals surface area (Å²) in [6.07, 6.45) is 0.952. The lowest BCUT2D eigenvalue weighted by atomic mass is 10.2. The molecule has 0 aromatic heterocycles. The molecule has 26 heavy (non-hydrogen) atoms. The number of benzene rings is 1. The number of hydrogen-bond acceptors (Lipinski definition) is 4. The van der Waals surface area contributed by atoms with Crippen LogP contribution in [0.1, 0.15) is 32.3 Å². The van der Waals surface area contributed by atoms with E-state index in [1.165, 1.54) is 12.1 Å². The Kier molecular flexibility index (Phi) is 10.0. The minimum atomic E-state index is -2.83. The predicted molar refractivity (Wildman–Crippen MR) is 96.4 cm³/mol. The van der Waals surface area contributed by atoms with Crippen LogP contribution in [0.2, 0.25) is 0 Å². The van der Waals surface area contributed by atoms with E-state index in [0.29, 0.717) is 45.0 Å². The summed E-state index contributed by atoms with van der Waals surface area (Å²) in [5, 5.41) is 3.19. The number of nitrogens with one attached hydrogen (secondary N) is 1. The van der Waals surface area contributed by atoms with Crippen LogP contribution in [0.3, 0.4) is 0 Å². The Morgan fingerprint density at radius 3 is 2.54 bits per heavy atom. The number of halogens is 2. The van der Waals surface area contributed by atoms with E-state index in [0.717, 1.165) is 5.56 Å². The quantitative estimate of drug-likeness (QED) is 0.296. The molecule has 0 radical (unpaired) electrons. The van der Waals surface area contributed by atoms with E-state index in [2.05, 4.69) is 15.0 Å². The van der Waals surface area contributed by atoms with Gasteiger partial charge in [0.05, 0.1) is 6.61 Å². The van der Waals surface area contributed by atoms with Gasteiger partial charge in [-0.15, -0.1) is 0 Å². The first-order valence-corrected chi connectivity index (χ1v) is 8.65. The fourth-order valence-electron chi connectivity index (χ4n) is 2.24. The normalized spacial score (nSPS) is 11.4. The molecule has 0 atom stereocenters. The molecule has 1 aromatic carbocycles. The molecule has 0 heterocycles. The average Bonchev–Trinajstić information content (AvgIpc) is 2.59. The molecule has 1 N–H and O–H groups in total. The molecular formula is C18H27F2N3O3. The molecular weight excluding hydrogens is 344 g/mol. The Morgan fingerprint density at radius 1 is 1.27 bits per heavy atom.